The monoisotopic (exact) mass is 596 g/mol. The third kappa shape index (κ3) is 7.61. The molecular formula is C33H41ClN2O6. The highest BCUT2D eigenvalue weighted by Crippen LogP contribution is 2.41. The summed E-state index contributed by atoms with van der Waals surface area (Å²) in [5.41, 5.74) is 1.68. The highest BCUT2D eigenvalue weighted by atomic mass is 35.5. The number of likely N-dealkylation sites (tertiary alicyclic amines) is 1. The Balaban J connectivity index is 1.87. The number of allylic oxidation sites excluding steroid dienone is 1. The van der Waals surface area contributed by atoms with Crippen molar-refractivity contribution in [1.82, 2.24) is 10.2 Å². The topological polar surface area (TPSA) is 105 Å². The molecule has 3 rings (SSSR count). The summed E-state index contributed by atoms with van der Waals surface area (Å²) in [5.74, 6) is -1.66. The van der Waals surface area contributed by atoms with Gasteiger partial charge in [0, 0.05) is 18.6 Å². The molecule has 226 valence electrons. The number of nitrogens with zero attached hydrogens (tertiary/aromatic N) is 1. The van der Waals surface area contributed by atoms with E-state index in [4.69, 9.17) is 21.1 Å². The van der Waals surface area contributed by atoms with Crippen molar-refractivity contribution in [2.45, 2.75) is 64.1 Å². The number of rotatable bonds is 12. The number of alkyl carbamates (subject to hydrolysis) is 1. The summed E-state index contributed by atoms with van der Waals surface area (Å²) in [6, 6.07) is 11.0. The van der Waals surface area contributed by atoms with Crippen LogP contribution in [0.2, 0.25) is 5.02 Å². The fourth-order valence-corrected chi connectivity index (χ4v) is 5.41. The van der Waals surface area contributed by atoms with E-state index in [1.165, 1.54) is 12.0 Å². The van der Waals surface area contributed by atoms with Crippen LogP contribution in [0.5, 0.6) is 0 Å². The van der Waals surface area contributed by atoms with Crippen LogP contribution in [0.25, 0.3) is 17.2 Å². The number of benzene rings is 2. The summed E-state index contributed by atoms with van der Waals surface area (Å²) in [7, 11) is 1.51. The Labute approximate surface area is 253 Å². The Hall–Kier alpha value is -3.62. The number of methoxy groups -OCH3 is 1. The summed E-state index contributed by atoms with van der Waals surface area (Å²) in [4.78, 5) is 40.3. The lowest BCUT2D eigenvalue weighted by atomic mass is 9.85. The van der Waals surface area contributed by atoms with Crippen molar-refractivity contribution in [3.63, 3.8) is 0 Å². The maximum absolute atomic E-state index is 13.9. The van der Waals surface area contributed by atoms with Gasteiger partial charge in [-0.1, -0.05) is 81.4 Å². The molecule has 2 unspecified atom stereocenters. The van der Waals surface area contributed by atoms with Gasteiger partial charge in [-0.05, 0) is 59.1 Å². The van der Waals surface area contributed by atoms with E-state index < -0.39 is 41.1 Å². The van der Waals surface area contributed by atoms with Gasteiger partial charge in [-0.15, -0.1) is 6.58 Å². The van der Waals surface area contributed by atoms with Crippen LogP contribution in [-0.4, -0.2) is 60.3 Å². The van der Waals surface area contributed by atoms with Gasteiger partial charge in [-0.3, -0.25) is 4.79 Å². The number of unbranched alkanes of at least 4 members (excludes halogenated alkanes) is 2. The molecule has 0 bridgehead atoms. The minimum Gasteiger partial charge on any atom is -0.480 e. The lowest BCUT2D eigenvalue weighted by Crippen LogP contribution is -2.57. The predicted molar refractivity (Wildman–Crippen MR) is 165 cm³/mol. The standard InChI is InChI=1S/C33H41ClN2O6/c1-7-9-10-11-18-42-31(40)35-28(32(3,4)5)29(37)36-21-33(41-6,20-27(36)30(38)39)24-15-12-23(13-16-24)26-19-25(34)17-14-22(26)8-2/h7-8,12-17,19,27-28H,1-2,9-11,18,20-21H2,3-6H3,(H,35,40)(H,38,39)/t27?,28-,33?/m1/s1. The average molecular weight is 597 g/mol. The number of carbonyl (C=O) groups is 3. The molecule has 9 heteroatoms. The van der Waals surface area contributed by atoms with E-state index >= 15 is 0 Å². The number of ether oxygens (including phenoxy) is 2. The molecule has 1 heterocycles. The van der Waals surface area contributed by atoms with E-state index in [0.29, 0.717) is 11.4 Å². The zero-order valence-electron chi connectivity index (χ0n) is 24.8. The van der Waals surface area contributed by atoms with Crippen LogP contribution in [-0.2, 0) is 24.7 Å². The predicted octanol–water partition coefficient (Wildman–Crippen LogP) is 6.67. The number of nitrogens with one attached hydrogen (secondary N) is 1. The number of amides is 2. The van der Waals surface area contributed by atoms with Crippen molar-refractivity contribution in [3.05, 3.63) is 77.8 Å². The fourth-order valence-electron chi connectivity index (χ4n) is 5.24. The molecule has 0 radical (unpaired) electrons. The highest BCUT2D eigenvalue weighted by molar-refractivity contribution is 6.31. The summed E-state index contributed by atoms with van der Waals surface area (Å²) in [6.07, 6.45) is 5.20. The summed E-state index contributed by atoms with van der Waals surface area (Å²) in [5, 5.41) is 13.4. The molecule has 0 aromatic heterocycles. The molecule has 42 heavy (non-hydrogen) atoms. The number of aliphatic carboxylic acids is 1. The lowest BCUT2D eigenvalue weighted by Gasteiger charge is -2.35. The molecule has 2 N–H and O–H groups in total. The molecule has 1 aliphatic rings. The van der Waals surface area contributed by atoms with Gasteiger partial charge in [0.2, 0.25) is 5.91 Å². The maximum Gasteiger partial charge on any atom is 0.407 e. The molecule has 3 atom stereocenters. The van der Waals surface area contributed by atoms with Gasteiger partial charge in [0.05, 0.1) is 13.2 Å². The quantitative estimate of drug-likeness (QED) is 0.209. The smallest absolute Gasteiger partial charge is 0.407 e. The van der Waals surface area contributed by atoms with Crippen LogP contribution in [0.3, 0.4) is 0 Å². The van der Waals surface area contributed by atoms with E-state index in [2.05, 4.69) is 18.5 Å². The largest absolute Gasteiger partial charge is 0.480 e. The molecule has 2 aromatic carbocycles. The SMILES string of the molecule is C=CCCCCOC(=O)N[C@H](C(=O)N1CC(OC)(c2ccc(-c3cc(Cl)ccc3C=C)cc2)CC1C(=O)O)C(C)(C)C. The molecule has 1 aliphatic heterocycles. The molecule has 2 amide bonds. The molecule has 2 aromatic rings. The first-order valence-corrected chi connectivity index (χ1v) is 14.4. The van der Waals surface area contributed by atoms with Gasteiger partial charge < -0.3 is 24.8 Å². The van der Waals surface area contributed by atoms with E-state index in [0.717, 1.165) is 35.1 Å². The van der Waals surface area contributed by atoms with E-state index in [9.17, 15) is 19.5 Å². The molecular weight excluding hydrogens is 556 g/mol. The van der Waals surface area contributed by atoms with Crippen molar-refractivity contribution in [2.24, 2.45) is 5.41 Å². The van der Waals surface area contributed by atoms with E-state index in [1.54, 1.807) is 39.0 Å². The number of hydrogen-bond donors (Lipinski definition) is 2. The van der Waals surface area contributed by atoms with Gasteiger partial charge in [-0.25, -0.2) is 9.59 Å². The molecule has 0 saturated carbocycles. The summed E-state index contributed by atoms with van der Waals surface area (Å²) < 4.78 is 11.3. The Morgan fingerprint density at radius 2 is 1.86 bits per heavy atom. The van der Waals surface area contributed by atoms with Gasteiger partial charge in [0.25, 0.3) is 0 Å². The third-order valence-electron chi connectivity index (χ3n) is 7.65. The Bertz CT molecular complexity index is 1300. The van der Waals surface area contributed by atoms with Crippen molar-refractivity contribution in [3.8, 4) is 11.1 Å². The van der Waals surface area contributed by atoms with Gasteiger partial charge >= 0.3 is 12.1 Å². The van der Waals surface area contributed by atoms with E-state index in [-0.39, 0.29) is 19.6 Å². The minimum atomic E-state index is -1.15. The van der Waals surface area contributed by atoms with Gasteiger partial charge in [0.15, 0.2) is 0 Å². The normalized spacial score (nSPS) is 19.2. The van der Waals surface area contributed by atoms with Crippen LogP contribution in [0.15, 0.2) is 61.7 Å². The van der Waals surface area contributed by atoms with E-state index in [1.807, 2.05) is 36.4 Å². The van der Waals surface area contributed by atoms with Crippen molar-refractivity contribution >= 4 is 35.6 Å². The fraction of sp³-hybridized carbons (Fsp3) is 0.424. The Kier molecular flexibility index (Phi) is 11.0. The second-order valence-electron chi connectivity index (χ2n) is 11.6. The first-order chi connectivity index (χ1) is 19.9. The van der Waals surface area contributed by atoms with Crippen LogP contribution < -0.4 is 5.32 Å². The number of carboxylic acids is 1. The number of hydrogen-bond acceptors (Lipinski definition) is 5. The second-order valence-corrected chi connectivity index (χ2v) is 12.0. The zero-order valence-corrected chi connectivity index (χ0v) is 25.6. The first kappa shape index (κ1) is 32.9. The molecule has 1 fully saturated rings. The summed E-state index contributed by atoms with van der Waals surface area (Å²) in [6.45, 7) is 13.2. The molecule has 1 saturated heterocycles. The van der Waals surface area contributed by atoms with Gasteiger partial charge in [-0.2, -0.15) is 0 Å². The number of carboxylic acid groups (broad SMARTS) is 1. The number of halogens is 1. The van der Waals surface area contributed by atoms with Gasteiger partial charge in [0.1, 0.15) is 17.7 Å². The maximum atomic E-state index is 13.9. The average Bonchev–Trinajstić information content (AvgIpc) is 3.37. The Morgan fingerprint density at radius 1 is 1.17 bits per heavy atom. The van der Waals surface area contributed by atoms with Crippen molar-refractivity contribution in [1.29, 1.82) is 0 Å². The number of carbonyl (C=O) groups excluding carboxylic acids is 2. The van der Waals surface area contributed by atoms with Crippen molar-refractivity contribution < 1.29 is 29.0 Å². The summed E-state index contributed by atoms with van der Waals surface area (Å²) >= 11 is 6.24. The van der Waals surface area contributed by atoms with Crippen LogP contribution in [0.1, 0.15) is 57.6 Å². The third-order valence-corrected chi connectivity index (χ3v) is 7.89. The van der Waals surface area contributed by atoms with Crippen LogP contribution in [0.4, 0.5) is 4.79 Å². The molecule has 0 spiro atoms. The van der Waals surface area contributed by atoms with Crippen molar-refractivity contribution in [2.75, 3.05) is 20.3 Å². The Morgan fingerprint density at radius 3 is 2.43 bits per heavy atom. The van der Waals surface area contributed by atoms with Crippen LogP contribution in [0, 0.1) is 5.41 Å². The van der Waals surface area contributed by atoms with Crippen LogP contribution >= 0.6 is 11.6 Å². The zero-order chi connectivity index (χ0) is 31.1. The molecule has 0 aliphatic carbocycles. The molecule has 8 nitrogen and oxygen atoms in total. The highest BCUT2D eigenvalue weighted by Gasteiger charge is 2.52. The lowest BCUT2D eigenvalue weighted by molar-refractivity contribution is -0.150. The second kappa shape index (κ2) is 14.0. The first-order valence-electron chi connectivity index (χ1n) is 14.0. The minimum absolute atomic E-state index is 0.00141.